The zero-order valence-electron chi connectivity index (χ0n) is 23.9. The van der Waals surface area contributed by atoms with Gasteiger partial charge in [-0.15, -0.1) is 11.3 Å². The van der Waals surface area contributed by atoms with Gasteiger partial charge in [0.1, 0.15) is 0 Å². The maximum Gasteiger partial charge on any atom is 0.0555 e. The SMILES string of the molecule is c1ccc(-c2cc(-c3ccccc3)cc(-c3cccc4c3c3cc5c(cc3n4-c3ccccc3)sc3ccccc35)c2)cc1. The minimum Gasteiger partial charge on any atom is -0.309 e. The topological polar surface area (TPSA) is 4.93 Å². The van der Waals surface area contributed by atoms with Crippen molar-refractivity contribution >= 4 is 53.3 Å². The summed E-state index contributed by atoms with van der Waals surface area (Å²) in [5.74, 6) is 0. The number of hydrogen-bond donors (Lipinski definition) is 0. The van der Waals surface area contributed by atoms with Crippen LogP contribution in [-0.4, -0.2) is 4.57 Å². The number of rotatable bonds is 4. The molecule has 0 saturated carbocycles. The molecule has 0 aliphatic rings. The van der Waals surface area contributed by atoms with E-state index in [1.807, 2.05) is 11.3 Å². The number of hydrogen-bond acceptors (Lipinski definition) is 1. The molecule has 206 valence electrons. The van der Waals surface area contributed by atoms with Crippen molar-refractivity contribution in [3.05, 3.63) is 164 Å². The van der Waals surface area contributed by atoms with Crippen LogP contribution in [0.4, 0.5) is 0 Å². The van der Waals surface area contributed by atoms with Gasteiger partial charge in [-0.3, -0.25) is 0 Å². The first-order chi connectivity index (χ1) is 21.8. The summed E-state index contributed by atoms with van der Waals surface area (Å²) in [5, 5.41) is 5.21. The summed E-state index contributed by atoms with van der Waals surface area (Å²) in [4.78, 5) is 0. The average molecular weight is 578 g/mol. The molecular formula is C42H27NS. The molecule has 0 saturated heterocycles. The molecule has 2 heteroatoms. The fraction of sp³-hybridized carbons (Fsp3) is 0. The Labute approximate surface area is 259 Å². The molecule has 0 N–H and O–H groups in total. The first kappa shape index (κ1) is 25.1. The number of thiophene rings is 1. The highest BCUT2D eigenvalue weighted by Gasteiger charge is 2.19. The lowest BCUT2D eigenvalue weighted by Crippen LogP contribution is -1.93. The molecule has 0 radical (unpaired) electrons. The maximum absolute atomic E-state index is 2.44. The quantitative estimate of drug-likeness (QED) is 0.196. The zero-order chi connectivity index (χ0) is 29.0. The van der Waals surface area contributed by atoms with Gasteiger partial charge in [0.2, 0.25) is 0 Å². The lowest BCUT2D eigenvalue weighted by atomic mass is 9.91. The molecule has 0 bridgehead atoms. The summed E-state index contributed by atoms with van der Waals surface area (Å²) in [6.45, 7) is 0. The van der Waals surface area contributed by atoms with E-state index in [1.165, 1.54) is 81.0 Å². The first-order valence-electron chi connectivity index (χ1n) is 15.0. The molecule has 0 amide bonds. The number of benzene rings is 7. The van der Waals surface area contributed by atoms with Crippen LogP contribution in [0.5, 0.6) is 0 Å². The summed E-state index contributed by atoms with van der Waals surface area (Å²) in [7, 11) is 0. The van der Waals surface area contributed by atoms with E-state index in [2.05, 4.69) is 168 Å². The fourth-order valence-electron chi connectivity index (χ4n) is 6.76. The van der Waals surface area contributed by atoms with E-state index in [0.29, 0.717) is 0 Å². The average Bonchev–Trinajstić information content (AvgIpc) is 3.63. The van der Waals surface area contributed by atoms with Gasteiger partial charge in [0.25, 0.3) is 0 Å². The van der Waals surface area contributed by atoms with Crippen LogP contribution in [0, 0.1) is 0 Å². The highest BCUT2D eigenvalue weighted by atomic mass is 32.1. The van der Waals surface area contributed by atoms with Crippen molar-refractivity contribution in [2.24, 2.45) is 0 Å². The first-order valence-corrected chi connectivity index (χ1v) is 15.8. The largest absolute Gasteiger partial charge is 0.309 e. The molecule has 0 unspecified atom stereocenters. The Bertz CT molecular complexity index is 2410. The van der Waals surface area contributed by atoms with Crippen molar-refractivity contribution in [3.63, 3.8) is 0 Å². The van der Waals surface area contributed by atoms with Crippen LogP contribution in [0.1, 0.15) is 0 Å². The van der Waals surface area contributed by atoms with E-state index >= 15 is 0 Å². The van der Waals surface area contributed by atoms with Gasteiger partial charge < -0.3 is 4.57 Å². The van der Waals surface area contributed by atoms with Crippen LogP contribution in [0.2, 0.25) is 0 Å². The Morgan fingerprint density at radius 1 is 0.364 bits per heavy atom. The van der Waals surface area contributed by atoms with E-state index in [4.69, 9.17) is 0 Å². The predicted octanol–water partition coefficient (Wildman–Crippen LogP) is 12.2. The van der Waals surface area contributed by atoms with Crippen LogP contribution in [0.25, 0.3) is 81.0 Å². The summed E-state index contributed by atoms with van der Waals surface area (Å²) in [6, 6.07) is 59.7. The predicted molar refractivity (Wildman–Crippen MR) is 190 cm³/mol. The van der Waals surface area contributed by atoms with Crippen molar-refractivity contribution < 1.29 is 0 Å². The standard InChI is InChI=1S/C42H27NS/c1-4-13-28(14-5-1)30-23-31(29-15-6-2-7-16-29)25-32(24-30)34-20-12-21-38-42(34)37-26-36-35-19-10-11-22-40(35)44-41(36)27-39(37)43(38)33-17-8-3-9-18-33/h1-27H. The summed E-state index contributed by atoms with van der Waals surface area (Å²) >= 11 is 1.88. The molecule has 2 aromatic heterocycles. The van der Waals surface area contributed by atoms with E-state index in [1.54, 1.807) is 0 Å². The molecule has 9 aromatic rings. The third-order valence-electron chi connectivity index (χ3n) is 8.76. The van der Waals surface area contributed by atoms with Gasteiger partial charge in [0.15, 0.2) is 0 Å². The molecule has 44 heavy (non-hydrogen) atoms. The Morgan fingerprint density at radius 2 is 0.977 bits per heavy atom. The van der Waals surface area contributed by atoms with Crippen molar-refractivity contribution in [2.45, 2.75) is 0 Å². The summed E-state index contributed by atoms with van der Waals surface area (Å²) in [6.07, 6.45) is 0. The number of fused-ring (bicyclic) bond motifs is 6. The van der Waals surface area contributed by atoms with Gasteiger partial charge in [0.05, 0.1) is 11.0 Å². The van der Waals surface area contributed by atoms with Crippen LogP contribution in [-0.2, 0) is 0 Å². The van der Waals surface area contributed by atoms with Crippen molar-refractivity contribution in [1.29, 1.82) is 0 Å². The highest BCUT2D eigenvalue weighted by Crippen LogP contribution is 2.44. The minimum atomic E-state index is 1.17. The second-order valence-corrected chi connectivity index (χ2v) is 12.4. The normalized spacial score (nSPS) is 11.6. The summed E-state index contributed by atoms with van der Waals surface area (Å²) < 4.78 is 5.09. The van der Waals surface area contributed by atoms with Gasteiger partial charge in [-0.2, -0.15) is 0 Å². The molecular weight excluding hydrogens is 551 g/mol. The van der Waals surface area contributed by atoms with Crippen LogP contribution in [0.3, 0.4) is 0 Å². The molecule has 9 rings (SSSR count). The molecule has 0 aliphatic heterocycles. The van der Waals surface area contributed by atoms with Gasteiger partial charge in [-0.05, 0) is 88.0 Å². The Balaban J connectivity index is 1.40. The fourth-order valence-corrected chi connectivity index (χ4v) is 7.88. The van der Waals surface area contributed by atoms with Gasteiger partial charge >= 0.3 is 0 Å². The van der Waals surface area contributed by atoms with Crippen molar-refractivity contribution in [1.82, 2.24) is 4.57 Å². The Hall–Kier alpha value is -5.44. The maximum atomic E-state index is 2.44. The van der Waals surface area contributed by atoms with Crippen molar-refractivity contribution in [2.75, 3.05) is 0 Å². The zero-order valence-corrected chi connectivity index (χ0v) is 24.8. The minimum absolute atomic E-state index is 1.17. The van der Waals surface area contributed by atoms with E-state index in [-0.39, 0.29) is 0 Å². The third-order valence-corrected chi connectivity index (χ3v) is 9.89. The highest BCUT2D eigenvalue weighted by molar-refractivity contribution is 7.25. The molecule has 0 atom stereocenters. The van der Waals surface area contributed by atoms with Gasteiger partial charge in [-0.1, -0.05) is 109 Å². The van der Waals surface area contributed by atoms with Gasteiger partial charge in [-0.25, -0.2) is 0 Å². The van der Waals surface area contributed by atoms with Gasteiger partial charge in [0, 0.05) is 36.6 Å². The molecule has 0 aliphatic carbocycles. The lowest BCUT2D eigenvalue weighted by molar-refractivity contribution is 1.18. The number of aromatic nitrogens is 1. The molecule has 0 spiro atoms. The third kappa shape index (κ3) is 4.00. The number of para-hydroxylation sites is 1. The molecule has 1 nitrogen and oxygen atoms in total. The van der Waals surface area contributed by atoms with E-state index in [9.17, 15) is 0 Å². The molecule has 7 aromatic carbocycles. The summed E-state index contributed by atoms with van der Waals surface area (Å²) in [5.41, 5.74) is 11.0. The lowest BCUT2D eigenvalue weighted by Gasteiger charge is -2.13. The molecule has 2 heterocycles. The van der Waals surface area contributed by atoms with E-state index in [0.717, 1.165) is 0 Å². The van der Waals surface area contributed by atoms with Crippen molar-refractivity contribution in [3.8, 4) is 39.1 Å². The van der Waals surface area contributed by atoms with Crippen LogP contribution < -0.4 is 0 Å². The smallest absolute Gasteiger partial charge is 0.0555 e. The van der Waals surface area contributed by atoms with Crippen LogP contribution in [0.15, 0.2) is 164 Å². The molecule has 0 fully saturated rings. The van der Waals surface area contributed by atoms with Crippen LogP contribution >= 0.6 is 11.3 Å². The Morgan fingerprint density at radius 3 is 1.68 bits per heavy atom. The second-order valence-electron chi connectivity index (χ2n) is 11.4. The Kier molecular flexibility index (Phi) is 5.75. The van der Waals surface area contributed by atoms with E-state index < -0.39 is 0 Å². The monoisotopic (exact) mass is 577 g/mol. The number of nitrogens with zero attached hydrogens (tertiary/aromatic N) is 1. The second kappa shape index (κ2) is 10.1.